The van der Waals surface area contributed by atoms with Gasteiger partial charge in [-0.3, -0.25) is 14.6 Å². The standard InChI is InChI=1S/C21H25N3O2/c1-23(15-18-9-5-11-22-14-18)21(26)19-10-6-12-24(16-19)20(25)13-17-7-3-2-4-8-17/h2-5,7-9,11,14,19H,6,10,12-13,15-16H2,1H3/t19-/m1/s1. The van der Waals surface area contributed by atoms with E-state index in [9.17, 15) is 9.59 Å². The summed E-state index contributed by atoms with van der Waals surface area (Å²) in [5, 5.41) is 0. The summed E-state index contributed by atoms with van der Waals surface area (Å²) in [4.78, 5) is 33.1. The lowest BCUT2D eigenvalue weighted by molar-refractivity contribution is -0.140. The fourth-order valence-electron chi connectivity index (χ4n) is 3.44. The Bertz CT molecular complexity index is 733. The van der Waals surface area contributed by atoms with E-state index in [-0.39, 0.29) is 17.7 Å². The van der Waals surface area contributed by atoms with Crippen molar-refractivity contribution in [3.05, 3.63) is 66.0 Å². The predicted octanol–water partition coefficient (Wildman–Crippen LogP) is 2.52. The van der Waals surface area contributed by atoms with Gasteiger partial charge in [-0.25, -0.2) is 0 Å². The molecular weight excluding hydrogens is 326 g/mol. The van der Waals surface area contributed by atoms with Gasteiger partial charge < -0.3 is 9.80 Å². The number of rotatable bonds is 5. The van der Waals surface area contributed by atoms with Gasteiger partial charge in [0.25, 0.3) is 0 Å². The quantitative estimate of drug-likeness (QED) is 0.832. The minimum Gasteiger partial charge on any atom is -0.342 e. The fraction of sp³-hybridized carbons (Fsp3) is 0.381. The van der Waals surface area contributed by atoms with Crippen LogP contribution in [0.3, 0.4) is 0 Å². The Morgan fingerprint density at radius 3 is 2.65 bits per heavy atom. The van der Waals surface area contributed by atoms with Crippen molar-refractivity contribution in [3.8, 4) is 0 Å². The molecule has 1 atom stereocenters. The molecule has 136 valence electrons. The Balaban J connectivity index is 1.57. The molecule has 3 rings (SSSR count). The van der Waals surface area contributed by atoms with E-state index in [0.717, 1.165) is 30.5 Å². The number of aromatic nitrogens is 1. The van der Waals surface area contributed by atoms with Gasteiger partial charge in [0.05, 0.1) is 12.3 Å². The lowest BCUT2D eigenvalue weighted by Gasteiger charge is -2.34. The summed E-state index contributed by atoms with van der Waals surface area (Å²) in [7, 11) is 1.82. The van der Waals surface area contributed by atoms with Crippen molar-refractivity contribution in [2.24, 2.45) is 5.92 Å². The number of hydrogen-bond donors (Lipinski definition) is 0. The summed E-state index contributed by atoms with van der Waals surface area (Å²) in [6.45, 7) is 1.80. The lowest BCUT2D eigenvalue weighted by atomic mass is 9.96. The van der Waals surface area contributed by atoms with Gasteiger partial charge in [0.1, 0.15) is 0 Å². The second kappa shape index (κ2) is 8.61. The van der Waals surface area contributed by atoms with Crippen LogP contribution >= 0.6 is 0 Å². The highest BCUT2D eigenvalue weighted by Crippen LogP contribution is 2.20. The summed E-state index contributed by atoms with van der Waals surface area (Å²) < 4.78 is 0. The fourth-order valence-corrected chi connectivity index (χ4v) is 3.44. The highest BCUT2D eigenvalue weighted by molar-refractivity contribution is 5.82. The molecule has 5 heteroatoms. The molecule has 0 N–H and O–H groups in total. The second-order valence-electron chi connectivity index (χ2n) is 6.90. The number of benzene rings is 1. The van der Waals surface area contributed by atoms with E-state index in [1.165, 1.54) is 0 Å². The molecule has 1 aromatic carbocycles. The van der Waals surface area contributed by atoms with Crippen LogP contribution in [0.5, 0.6) is 0 Å². The normalized spacial score (nSPS) is 17.0. The van der Waals surface area contributed by atoms with Crippen LogP contribution in [0.1, 0.15) is 24.0 Å². The number of likely N-dealkylation sites (tertiary alicyclic amines) is 1. The zero-order valence-corrected chi connectivity index (χ0v) is 15.2. The molecule has 0 bridgehead atoms. The van der Waals surface area contributed by atoms with Gasteiger partial charge in [-0.1, -0.05) is 36.4 Å². The van der Waals surface area contributed by atoms with E-state index in [1.807, 2.05) is 54.4 Å². The molecule has 2 amide bonds. The molecular formula is C21H25N3O2. The average molecular weight is 351 g/mol. The molecule has 0 saturated carbocycles. The molecule has 1 fully saturated rings. The Kier molecular flexibility index (Phi) is 6.00. The lowest BCUT2D eigenvalue weighted by Crippen LogP contribution is -2.46. The van der Waals surface area contributed by atoms with E-state index >= 15 is 0 Å². The second-order valence-corrected chi connectivity index (χ2v) is 6.90. The van der Waals surface area contributed by atoms with Crippen LogP contribution in [-0.4, -0.2) is 46.7 Å². The third-order valence-electron chi connectivity index (χ3n) is 4.84. The van der Waals surface area contributed by atoms with E-state index in [2.05, 4.69) is 4.98 Å². The average Bonchev–Trinajstić information content (AvgIpc) is 2.69. The third kappa shape index (κ3) is 4.69. The number of piperidine rings is 1. The Morgan fingerprint density at radius 1 is 1.15 bits per heavy atom. The van der Waals surface area contributed by atoms with Gasteiger partial charge in [0.2, 0.25) is 11.8 Å². The Hall–Kier alpha value is -2.69. The van der Waals surface area contributed by atoms with Gasteiger partial charge in [0, 0.05) is 39.1 Å². The first kappa shape index (κ1) is 18.1. The van der Waals surface area contributed by atoms with E-state index in [4.69, 9.17) is 0 Å². The highest BCUT2D eigenvalue weighted by Gasteiger charge is 2.30. The summed E-state index contributed by atoms with van der Waals surface area (Å²) in [6, 6.07) is 13.6. The molecule has 5 nitrogen and oxygen atoms in total. The third-order valence-corrected chi connectivity index (χ3v) is 4.84. The Labute approximate surface area is 154 Å². The smallest absolute Gasteiger partial charge is 0.227 e. The first-order valence-electron chi connectivity index (χ1n) is 9.09. The topological polar surface area (TPSA) is 53.5 Å². The van der Waals surface area contributed by atoms with Crippen molar-refractivity contribution in [2.45, 2.75) is 25.8 Å². The van der Waals surface area contributed by atoms with Crippen molar-refractivity contribution in [3.63, 3.8) is 0 Å². The van der Waals surface area contributed by atoms with Gasteiger partial charge >= 0.3 is 0 Å². The van der Waals surface area contributed by atoms with Crippen molar-refractivity contribution >= 4 is 11.8 Å². The number of pyridine rings is 1. The Morgan fingerprint density at radius 2 is 1.92 bits per heavy atom. The van der Waals surface area contributed by atoms with Gasteiger partial charge in [-0.2, -0.15) is 0 Å². The maximum absolute atomic E-state index is 12.8. The molecule has 0 spiro atoms. The van der Waals surface area contributed by atoms with Gasteiger partial charge in [-0.05, 0) is 30.0 Å². The first-order chi connectivity index (χ1) is 12.6. The first-order valence-corrected chi connectivity index (χ1v) is 9.09. The van der Waals surface area contributed by atoms with Crippen molar-refractivity contribution in [1.82, 2.24) is 14.8 Å². The zero-order valence-electron chi connectivity index (χ0n) is 15.2. The molecule has 1 saturated heterocycles. The molecule has 2 heterocycles. The van der Waals surface area contributed by atoms with Crippen LogP contribution in [-0.2, 0) is 22.6 Å². The number of carbonyl (C=O) groups is 2. The maximum Gasteiger partial charge on any atom is 0.227 e. The summed E-state index contributed by atoms with van der Waals surface area (Å²) >= 11 is 0. The molecule has 0 unspecified atom stereocenters. The van der Waals surface area contributed by atoms with Crippen molar-refractivity contribution < 1.29 is 9.59 Å². The van der Waals surface area contributed by atoms with Crippen LogP contribution in [0.4, 0.5) is 0 Å². The van der Waals surface area contributed by atoms with Crippen LogP contribution in [0.15, 0.2) is 54.9 Å². The van der Waals surface area contributed by atoms with Crippen LogP contribution in [0.25, 0.3) is 0 Å². The predicted molar refractivity (Wildman–Crippen MR) is 100 cm³/mol. The summed E-state index contributed by atoms with van der Waals surface area (Å²) in [6.07, 6.45) is 5.61. The number of hydrogen-bond acceptors (Lipinski definition) is 3. The van der Waals surface area contributed by atoms with Gasteiger partial charge in [-0.15, -0.1) is 0 Å². The monoisotopic (exact) mass is 351 g/mol. The highest BCUT2D eigenvalue weighted by atomic mass is 16.2. The van der Waals surface area contributed by atoms with Crippen LogP contribution in [0, 0.1) is 5.92 Å². The largest absolute Gasteiger partial charge is 0.342 e. The molecule has 1 aliphatic heterocycles. The molecule has 0 radical (unpaired) electrons. The molecule has 0 aliphatic carbocycles. The van der Waals surface area contributed by atoms with Crippen molar-refractivity contribution in [1.29, 1.82) is 0 Å². The molecule has 26 heavy (non-hydrogen) atoms. The number of amides is 2. The van der Waals surface area contributed by atoms with E-state index in [1.54, 1.807) is 17.3 Å². The van der Waals surface area contributed by atoms with Crippen LogP contribution in [0.2, 0.25) is 0 Å². The minimum absolute atomic E-state index is 0.101. The number of nitrogens with zero attached hydrogens (tertiary/aromatic N) is 3. The SMILES string of the molecule is CN(Cc1cccnc1)C(=O)[C@@H]1CCCN(C(=O)Cc2ccccc2)C1. The summed E-state index contributed by atoms with van der Waals surface area (Å²) in [5.41, 5.74) is 2.02. The van der Waals surface area contributed by atoms with Crippen LogP contribution < -0.4 is 0 Å². The maximum atomic E-state index is 12.8. The van der Waals surface area contributed by atoms with Crippen molar-refractivity contribution in [2.75, 3.05) is 20.1 Å². The minimum atomic E-state index is -0.120. The summed E-state index contributed by atoms with van der Waals surface area (Å²) in [5.74, 6) is 0.0832. The number of carbonyl (C=O) groups excluding carboxylic acids is 2. The van der Waals surface area contributed by atoms with E-state index in [0.29, 0.717) is 19.5 Å². The van der Waals surface area contributed by atoms with Gasteiger partial charge in [0.15, 0.2) is 0 Å². The molecule has 1 aliphatic rings. The van der Waals surface area contributed by atoms with E-state index < -0.39 is 0 Å². The molecule has 2 aromatic rings. The molecule has 1 aromatic heterocycles. The zero-order chi connectivity index (χ0) is 18.4.